The van der Waals surface area contributed by atoms with E-state index in [0.29, 0.717) is 6.61 Å². The lowest BCUT2D eigenvalue weighted by molar-refractivity contribution is 0.191. The zero-order valence-electron chi connectivity index (χ0n) is 11.0. The van der Waals surface area contributed by atoms with Crippen LogP contribution in [0.25, 0.3) is 0 Å². The Labute approximate surface area is 121 Å². The number of aliphatic hydroxyl groups excluding tert-OH is 1. The topological polar surface area (TPSA) is 47.3 Å². The molecule has 0 radical (unpaired) electrons. The zero-order valence-corrected chi connectivity index (χ0v) is 12.6. The summed E-state index contributed by atoms with van der Waals surface area (Å²) >= 11 is 3.40. The van der Waals surface area contributed by atoms with Crippen molar-refractivity contribution < 1.29 is 9.84 Å². The summed E-state index contributed by atoms with van der Waals surface area (Å²) in [6.45, 7) is 2.29. The van der Waals surface area contributed by atoms with Gasteiger partial charge in [-0.3, -0.25) is 4.68 Å². The van der Waals surface area contributed by atoms with Gasteiger partial charge in [0, 0.05) is 35.4 Å². The quantitative estimate of drug-likeness (QED) is 0.919. The number of benzene rings is 1. The van der Waals surface area contributed by atoms with E-state index in [9.17, 15) is 5.11 Å². The van der Waals surface area contributed by atoms with Gasteiger partial charge in [0.25, 0.3) is 0 Å². The molecule has 19 heavy (non-hydrogen) atoms. The van der Waals surface area contributed by atoms with Gasteiger partial charge < -0.3 is 9.84 Å². The van der Waals surface area contributed by atoms with Gasteiger partial charge in [0.05, 0.1) is 12.7 Å². The van der Waals surface area contributed by atoms with Crippen LogP contribution in [0.4, 0.5) is 0 Å². The molecule has 2 rings (SSSR count). The average molecular weight is 325 g/mol. The highest BCUT2D eigenvalue weighted by atomic mass is 79.9. The Hall–Kier alpha value is -1.33. The van der Waals surface area contributed by atoms with Crippen LogP contribution >= 0.6 is 15.9 Å². The van der Waals surface area contributed by atoms with Crippen LogP contribution < -0.4 is 4.74 Å². The summed E-state index contributed by atoms with van der Waals surface area (Å²) in [4.78, 5) is 0. The number of aryl methyl sites for hydroxylation is 1. The van der Waals surface area contributed by atoms with Crippen molar-refractivity contribution in [2.75, 3.05) is 6.61 Å². The number of halogens is 1. The fourth-order valence-corrected chi connectivity index (χ4v) is 2.27. The molecule has 1 N–H and O–H groups in total. The fraction of sp³-hybridized carbons (Fsp3) is 0.357. The molecule has 0 saturated carbocycles. The van der Waals surface area contributed by atoms with Crippen LogP contribution in [0, 0.1) is 0 Å². The van der Waals surface area contributed by atoms with Crippen molar-refractivity contribution in [1.29, 1.82) is 0 Å². The number of nitrogens with zero attached hydrogens (tertiary/aromatic N) is 2. The Kier molecular flexibility index (Phi) is 4.61. The van der Waals surface area contributed by atoms with Crippen LogP contribution in [0.1, 0.15) is 24.3 Å². The van der Waals surface area contributed by atoms with E-state index in [1.165, 1.54) is 0 Å². The van der Waals surface area contributed by atoms with Gasteiger partial charge in [0.2, 0.25) is 0 Å². The highest BCUT2D eigenvalue weighted by Crippen LogP contribution is 2.28. The molecule has 1 aromatic carbocycles. The van der Waals surface area contributed by atoms with Gasteiger partial charge >= 0.3 is 0 Å². The first kappa shape index (κ1) is 14.1. The Bertz CT molecular complexity index is 552. The SMILES string of the molecule is CC(O)c1cc(Br)ccc1OCCc1ccnn1C. The molecular formula is C14H17BrN2O2. The first-order chi connectivity index (χ1) is 9.08. The van der Waals surface area contributed by atoms with Crippen LogP contribution in [-0.4, -0.2) is 21.5 Å². The molecule has 1 heterocycles. The van der Waals surface area contributed by atoms with Crippen LogP contribution in [0.2, 0.25) is 0 Å². The highest BCUT2D eigenvalue weighted by Gasteiger charge is 2.10. The number of aliphatic hydroxyl groups is 1. The molecule has 1 aromatic heterocycles. The number of aromatic nitrogens is 2. The molecule has 0 aliphatic heterocycles. The Balaban J connectivity index is 2.01. The van der Waals surface area contributed by atoms with Crippen molar-refractivity contribution in [3.05, 3.63) is 46.2 Å². The van der Waals surface area contributed by atoms with Gasteiger partial charge in [-0.25, -0.2) is 0 Å². The summed E-state index contributed by atoms with van der Waals surface area (Å²) in [5.41, 5.74) is 1.91. The molecule has 0 saturated heterocycles. The van der Waals surface area contributed by atoms with Gasteiger partial charge in [0.15, 0.2) is 0 Å². The summed E-state index contributed by atoms with van der Waals surface area (Å²) < 4.78 is 8.53. The van der Waals surface area contributed by atoms with Crippen LogP contribution in [0.3, 0.4) is 0 Å². The van der Waals surface area contributed by atoms with E-state index >= 15 is 0 Å². The minimum absolute atomic E-state index is 0.552. The van der Waals surface area contributed by atoms with Crippen LogP contribution in [0.15, 0.2) is 34.9 Å². The summed E-state index contributed by atoms with van der Waals surface area (Å²) in [5.74, 6) is 0.723. The fourth-order valence-electron chi connectivity index (χ4n) is 1.89. The Morgan fingerprint density at radius 2 is 2.21 bits per heavy atom. The lowest BCUT2D eigenvalue weighted by atomic mass is 10.1. The molecule has 0 spiro atoms. The van der Waals surface area contributed by atoms with Gasteiger partial charge in [-0.2, -0.15) is 5.10 Å². The van der Waals surface area contributed by atoms with Crippen molar-refractivity contribution in [1.82, 2.24) is 9.78 Å². The molecule has 0 aliphatic rings. The van der Waals surface area contributed by atoms with Crippen molar-refractivity contribution in [3.63, 3.8) is 0 Å². The Morgan fingerprint density at radius 1 is 1.42 bits per heavy atom. The Morgan fingerprint density at radius 3 is 2.84 bits per heavy atom. The van der Waals surface area contributed by atoms with Crippen molar-refractivity contribution in [3.8, 4) is 5.75 Å². The summed E-state index contributed by atoms with van der Waals surface area (Å²) in [6, 6.07) is 7.63. The number of hydrogen-bond donors (Lipinski definition) is 1. The summed E-state index contributed by atoms with van der Waals surface area (Å²) in [6.07, 6.45) is 2.01. The van der Waals surface area contributed by atoms with E-state index in [-0.39, 0.29) is 0 Å². The lowest BCUT2D eigenvalue weighted by Gasteiger charge is -2.14. The van der Waals surface area contributed by atoms with E-state index in [0.717, 1.165) is 27.9 Å². The third-order valence-corrected chi connectivity index (χ3v) is 3.45. The number of ether oxygens (including phenoxy) is 1. The maximum Gasteiger partial charge on any atom is 0.125 e. The smallest absolute Gasteiger partial charge is 0.125 e. The molecule has 1 atom stereocenters. The molecule has 5 heteroatoms. The number of rotatable bonds is 5. The van der Waals surface area contributed by atoms with Gasteiger partial charge in [-0.1, -0.05) is 15.9 Å². The maximum absolute atomic E-state index is 9.74. The monoisotopic (exact) mass is 324 g/mol. The predicted molar refractivity (Wildman–Crippen MR) is 77.2 cm³/mol. The first-order valence-electron chi connectivity index (χ1n) is 6.15. The third-order valence-electron chi connectivity index (χ3n) is 2.96. The van der Waals surface area contributed by atoms with Crippen molar-refractivity contribution >= 4 is 15.9 Å². The maximum atomic E-state index is 9.74. The second-order valence-corrected chi connectivity index (χ2v) is 5.32. The molecule has 0 bridgehead atoms. The second-order valence-electron chi connectivity index (χ2n) is 4.40. The largest absolute Gasteiger partial charge is 0.493 e. The first-order valence-corrected chi connectivity index (χ1v) is 6.94. The van der Waals surface area contributed by atoms with E-state index in [4.69, 9.17) is 4.74 Å². The predicted octanol–water partition coefficient (Wildman–Crippen LogP) is 2.86. The number of hydrogen-bond acceptors (Lipinski definition) is 3. The van der Waals surface area contributed by atoms with Gasteiger partial charge in [0.1, 0.15) is 5.75 Å². The van der Waals surface area contributed by atoms with E-state index in [2.05, 4.69) is 21.0 Å². The van der Waals surface area contributed by atoms with Crippen molar-refractivity contribution in [2.24, 2.45) is 7.05 Å². The molecule has 2 aromatic rings. The summed E-state index contributed by atoms with van der Waals surface area (Å²) in [7, 11) is 1.91. The van der Waals surface area contributed by atoms with Gasteiger partial charge in [-0.05, 0) is 31.2 Å². The zero-order chi connectivity index (χ0) is 13.8. The van der Waals surface area contributed by atoms with E-state index < -0.39 is 6.10 Å². The molecular weight excluding hydrogens is 308 g/mol. The summed E-state index contributed by atoms with van der Waals surface area (Å²) in [5, 5.41) is 13.9. The normalized spacial score (nSPS) is 12.4. The molecule has 0 amide bonds. The average Bonchev–Trinajstić information content (AvgIpc) is 2.77. The van der Waals surface area contributed by atoms with Crippen molar-refractivity contribution in [2.45, 2.75) is 19.4 Å². The standard InChI is InChI=1S/C14H17BrN2O2/c1-10(18)13-9-11(15)3-4-14(13)19-8-6-12-5-7-16-17(12)2/h3-5,7,9-10,18H,6,8H2,1-2H3. The third kappa shape index (κ3) is 3.58. The molecule has 0 aliphatic carbocycles. The van der Waals surface area contributed by atoms with Gasteiger partial charge in [-0.15, -0.1) is 0 Å². The second kappa shape index (κ2) is 6.21. The van der Waals surface area contributed by atoms with Crippen LogP contribution in [0.5, 0.6) is 5.75 Å². The van der Waals surface area contributed by atoms with E-state index in [1.807, 2.05) is 36.0 Å². The molecule has 1 unspecified atom stereocenters. The highest BCUT2D eigenvalue weighted by molar-refractivity contribution is 9.10. The van der Waals surface area contributed by atoms with E-state index in [1.54, 1.807) is 13.1 Å². The molecule has 4 nitrogen and oxygen atoms in total. The molecule has 0 fully saturated rings. The minimum atomic E-state index is -0.552. The lowest BCUT2D eigenvalue weighted by Crippen LogP contribution is -2.07. The molecule has 102 valence electrons. The minimum Gasteiger partial charge on any atom is -0.493 e. The van der Waals surface area contributed by atoms with Crippen LogP contribution in [-0.2, 0) is 13.5 Å².